The van der Waals surface area contributed by atoms with Crippen molar-refractivity contribution in [3.63, 3.8) is 0 Å². The van der Waals surface area contributed by atoms with Crippen LogP contribution in [0.4, 0.5) is 34.1 Å². The number of anilines is 6. The Bertz CT molecular complexity index is 3640. The van der Waals surface area contributed by atoms with Crippen LogP contribution in [0.3, 0.4) is 0 Å². The fourth-order valence-corrected chi connectivity index (χ4v) is 14.1. The first-order chi connectivity index (χ1) is 33.1. The Kier molecular flexibility index (Phi) is 9.11. The first-order valence-electron chi connectivity index (χ1n) is 24.2. The standard InChI is InChI=1S/C62H53BN2O2S2/c1-34-22-26-42(50-30-38-16-11-13-20-48(38)66-50)36(3)55(34)64-46-18-15-19-47-54(46)63(59-57(64)44-32-40(61(5,6)7)24-28-52(44)68-59)60-58(45-33-41(62(8,9)10)25-29-53(45)69-60)65(47)56-35(2)23-27-43(37(56)4)51-31-39-17-12-14-21-49(39)67-51/h11-33H,1-10H3. The van der Waals surface area contributed by atoms with Gasteiger partial charge in [0.1, 0.15) is 22.7 Å². The molecule has 338 valence electrons. The molecule has 4 aromatic heterocycles. The topological polar surface area (TPSA) is 32.8 Å². The van der Waals surface area contributed by atoms with Crippen LogP contribution in [0.15, 0.2) is 148 Å². The van der Waals surface area contributed by atoms with Crippen molar-refractivity contribution in [2.75, 3.05) is 9.80 Å². The summed E-state index contributed by atoms with van der Waals surface area (Å²) in [7, 11) is 0. The molecule has 0 saturated heterocycles. The molecule has 0 unspecified atom stereocenters. The molecular formula is C62H53BN2O2S2. The van der Waals surface area contributed by atoms with Crippen LogP contribution in [0.25, 0.3) is 64.8 Å². The number of thiophene rings is 2. The Balaban J connectivity index is 1.14. The van der Waals surface area contributed by atoms with E-state index in [0.29, 0.717) is 0 Å². The second kappa shape index (κ2) is 14.9. The fraction of sp³-hybridized carbons (Fsp3) is 0.194. The van der Waals surface area contributed by atoms with E-state index >= 15 is 0 Å². The van der Waals surface area contributed by atoms with Gasteiger partial charge in [-0.2, -0.15) is 0 Å². The molecule has 6 heterocycles. The lowest BCUT2D eigenvalue weighted by molar-refractivity contribution is 0.591. The molecule has 2 aliphatic rings. The van der Waals surface area contributed by atoms with E-state index in [9.17, 15) is 0 Å². The summed E-state index contributed by atoms with van der Waals surface area (Å²) in [5, 5.41) is 4.82. The molecule has 0 aliphatic carbocycles. The minimum atomic E-state index is -0.0258. The summed E-state index contributed by atoms with van der Waals surface area (Å²) in [4.78, 5) is 5.29. The summed E-state index contributed by atoms with van der Waals surface area (Å²) in [5.74, 6) is 1.77. The molecule has 0 bridgehead atoms. The highest BCUT2D eigenvalue weighted by Gasteiger charge is 2.48. The second-order valence-electron chi connectivity index (χ2n) is 21.5. The van der Waals surface area contributed by atoms with Crippen LogP contribution in [-0.2, 0) is 10.8 Å². The number of nitrogens with zero attached hydrogens (tertiary/aromatic N) is 2. The van der Waals surface area contributed by atoms with Gasteiger partial charge >= 0.3 is 0 Å². The molecule has 0 saturated carbocycles. The Labute approximate surface area is 412 Å². The molecule has 2 aliphatic heterocycles. The Morgan fingerprint density at radius 1 is 0.449 bits per heavy atom. The van der Waals surface area contributed by atoms with Gasteiger partial charge in [-0.25, -0.2) is 0 Å². The summed E-state index contributed by atoms with van der Waals surface area (Å²) in [5.41, 5.74) is 20.2. The van der Waals surface area contributed by atoms with Crippen LogP contribution in [-0.4, -0.2) is 6.71 Å². The van der Waals surface area contributed by atoms with Crippen molar-refractivity contribution in [1.29, 1.82) is 0 Å². The molecule has 7 heteroatoms. The van der Waals surface area contributed by atoms with Crippen LogP contribution >= 0.6 is 22.7 Å². The predicted octanol–water partition coefficient (Wildman–Crippen LogP) is 16.9. The maximum atomic E-state index is 6.64. The van der Waals surface area contributed by atoms with Crippen molar-refractivity contribution in [3.8, 4) is 22.6 Å². The van der Waals surface area contributed by atoms with E-state index in [2.05, 4.69) is 206 Å². The van der Waals surface area contributed by atoms with Crippen LogP contribution in [0, 0.1) is 27.7 Å². The van der Waals surface area contributed by atoms with Gasteiger partial charge in [-0.3, -0.25) is 0 Å². The number of aryl methyl sites for hydroxylation is 2. The Morgan fingerprint density at radius 3 is 1.30 bits per heavy atom. The molecule has 0 N–H and O–H groups in total. The first-order valence-corrected chi connectivity index (χ1v) is 25.8. The largest absolute Gasteiger partial charge is 0.456 e. The SMILES string of the molecule is Cc1ccc(-c2cc3ccccc3o2)c(C)c1N1c2cccc3c2B(c2sc4ccc(C(C)(C)C)cc4c21)c1sc2ccc(C(C)(C)C)cc2c1N3c1c(C)ccc(-c2cc3ccccc3o2)c1C. The fourth-order valence-electron chi connectivity index (χ4n) is 11.4. The van der Waals surface area contributed by atoms with Crippen molar-refractivity contribution in [2.24, 2.45) is 0 Å². The number of furan rings is 2. The quantitative estimate of drug-likeness (QED) is 0.165. The van der Waals surface area contributed by atoms with Crippen molar-refractivity contribution < 1.29 is 8.83 Å². The average Bonchev–Trinajstić information content (AvgIpc) is 4.12. The zero-order valence-electron chi connectivity index (χ0n) is 40.9. The highest BCUT2D eigenvalue weighted by Crippen LogP contribution is 2.54. The highest BCUT2D eigenvalue weighted by atomic mass is 32.1. The normalized spacial score (nSPS) is 13.6. The van der Waals surface area contributed by atoms with Gasteiger partial charge in [0.25, 0.3) is 6.71 Å². The highest BCUT2D eigenvalue weighted by molar-refractivity contribution is 7.40. The number of para-hydroxylation sites is 2. The predicted molar refractivity (Wildman–Crippen MR) is 298 cm³/mol. The minimum absolute atomic E-state index is 0.0120. The molecule has 7 aromatic carbocycles. The van der Waals surface area contributed by atoms with Gasteiger partial charge in [0.15, 0.2) is 0 Å². The molecule has 69 heavy (non-hydrogen) atoms. The van der Waals surface area contributed by atoms with Crippen molar-refractivity contribution >= 4 is 121 Å². The lowest BCUT2D eigenvalue weighted by atomic mass is 9.39. The third kappa shape index (κ3) is 6.25. The van der Waals surface area contributed by atoms with Crippen LogP contribution in [0.1, 0.15) is 74.9 Å². The molecule has 11 aromatic rings. The molecule has 13 rings (SSSR count). The Hall–Kier alpha value is -6.80. The van der Waals surface area contributed by atoms with E-state index in [4.69, 9.17) is 8.83 Å². The molecule has 0 radical (unpaired) electrons. The number of benzene rings is 7. The van der Waals surface area contributed by atoms with Gasteiger partial charge in [0.05, 0.1) is 22.7 Å². The Morgan fingerprint density at radius 2 is 0.884 bits per heavy atom. The van der Waals surface area contributed by atoms with Gasteiger partial charge < -0.3 is 18.6 Å². The zero-order chi connectivity index (χ0) is 47.4. The second-order valence-corrected chi connectivity index (χ2v) is 23.6. The third-order valence-electron chi connectivity index (χ3n) is 15.0. The van der Waals surface area contributed by atoms with E-state index in [1.807, 2.05) is 34.8 Å². The van der Waals surface area contributed by atoms with Crippen LogP contribution < -0.4 is 24.8 Å². The minimum Gasteiger partial charge on any atom is -0.456 e. The van der Waals surface area contributed by atoms with Gasteiger partial charge in [-0.15, -0.1) is 22.7 Å². The van der Waals surface area contributed by atoms with Gasteiger partial charge in [0.2, 0.25) is 0 Å². The van der Waals surface area contributed by atoms with Crippen molar-refractivity contribution in [2.45, 2.75) is 80.1 Å². The monoisotopic (exact) mass is 932 g/mol. The molecule has 0 spiro atoms. The molecular weight excluding hydrogens is 880 g/mol. The average molecular weight is 933 g/mol. The summed E-state index contributed by atoms with van der Waals surface area (Å²) in [6, 6.07) is 51.7. The number of hydrogen-bond acceptors (Lipinski definition) is 6. The smallest absolute Gasteiger partial charge is 0.277 e. The summed E-state index contributed by atoms with van der Waals surface area (Å²) in [6.07, 6.45) is 0. The lowest BCUT2D eigenvalue weighted by Crippen LogP contribution is -2.59. The van der Waals surface area contributed by atoms with E-state index in [-0.39, 0.29) is 17.5 Å². The number of fused-ring (bicyclic) bond motifs is 10. The first kappa shape index (κ1) is 42.3. The van der Waals surface area contributed by atoms with Crippen molar-refractivity contribution in [3.05, 3.63) is 173 Å². The van der Waals surface area contributed by atoms with Gasteiger partial charge in [-0.1, -0.05) is 120 Å². The third-order valence-corrected chi connectivity index (χ3v) is 17.5. The van der Waals surface area contributed by atoms with E-state index in [1.54, 1.807) is 0 Å². The lowest BCUT2D eigenvalue weighted by Gasteiger charge is -2.43. The zero-order valence-corrected chi connectivity index (χ0v) is 42.5. The van der Waals surface area contributed by atoms with Crippen LogP contribution in [0.5, 0.6) is 0 Å². The molecule has 0 atom stereocenters. The van der Waals surface area contributed by atoms with E-state index in [1.165, 1.54) is 103 Å². The van der Waals surface area contributed by atoms with E-state index < -0.39 is 0 Å². The van der Waals surface area contributed by atoms with Crippen molar-refractivity contribution in [1.82, 2.24) is 0 Å². The molecule has 0 amide bonds. The van der Waals surface area contributed by atoms with Gasteiger partial charge in [0, 0.05) is 63.0 Å². The molecule has 0 fully saturated rings. The van der Waals surface area contributed by atoms with E-state index in [0.717, 1.165) is 44.6 Å². The summed E-state index contributed by atoms with van der Waals surface area (Å²) >= 11 is 3.95. The number of hydrogen-bond donors (Lipinski definition) is 0. The maximum Gasteiger partial charge on any atom is 0.277 e. The summed E-state index contributed by atoms with van der Waals surface area (Å²) < 4.78 is 18.7. The maximum absolute atomic E-state index is 6.64. The van der Waals surface area contributed by atoms with Crippen LogP contribution in [0.2, 0.25) is 0 Å². The van der Waals surface area contributed by atoms with Gasteiger partial charge in [-0.05, 0) is 138 Å². The molecule has 4 nitrogen and oxygen atoms in total. The summed E-state index contributed by atoms with van der Waals surface area (Å²) in [6.45, 7) is 23.1. The number of rotatable bonds is 4.